The van der Waals surface area contributed by atoms with Crippen molar-refractivity contribution in [3.63, 3.8) is 0 Å². The van der Waals surface area contributed by atoms with Gasteiger partial charge < -0.3 is 20.1 Å². The molecule has 1 aliphatic heterocycles. The minimum atomic E-state index is -4.94. The highest BCUT2D eigenvalue weighted by Gasteiger charge is 2.50. The van der Waals surface area contributed by atoms with Crippen molar-refractivity contribution in [3.05, 3.63) is 0 Å². The first kappa shape index (κ1) is 16.5. The number of carbonyl (C=O) groups excluding carboxylic acids is 2. The third kappa shape index (κ3) is 4.55. The van der Waals surface area contributed by atoms with E-state index in [0.717, 1.165) is 4.90 Å². The number of nitrogens with zero attached hydrogens (tertiary/aromatic N) is 1. The average Bonchev–Trinajstić information content (AvgIpc) is 2.16. The van der Waals surface area contributed by atoms with Crippen LogP contribution in [0.25, 0.3) is 0 Å². The van der Waals surface area contributed by atoms with E-state index >= 15 is 0 Å². The van der Waals surface area contributed by atoms with E-state index in [1.807, 2.05) is 0 Å². The monoisotopic (exact) mass is 298 g/mol. The van der Waals surface area contributed by atoms with Crippen LogP contribution in [-0.2, 0) is 9.53 Å². The highest BCUT2D eigenvalue weighted by molar-refractivity contribution is 5.87. The lowest BCUT2D eigenvalue weighted by Gasteiger charge is -2.38. The van der Waals surface area contributed by atoms with Crippen molar-refractivity contribution in [2.45, 2.75) is 44.7 Å². The van der Waals surface area contributed by atoms with E-state index in [4.69, 9.17) is 9.84 Å². The summed E-state index contributed by atoms with van der Waals surface area (Å²) in [5, 5.41) is 10.5. The van der Waals surface area contributed by atoms with Crippen molar-refractivity contribution in [3.8, 4) is 0 Å². The molecule has 6 nitrogen and oxygen atoms in total. The summed E-state index contributed by atoms with van der Waals surface area (Å²) >= 11 is 0. The fourth-order valence-corrected chi connectivity index (χ4v) is 1.53. The number of aliphatic hydroxyl groups excluding tert-OH is 1. The topological polar surface area (TPSA) is 78.9 Å². The maximum atomic E-state index is 12.8. The fourth-order valence-electron chi connectivity index (χ4n) is 1.53. The van der Waals surface area contributed by atoms with Gasteiger partial charge in [-0.25, -0.2) is 4.79 Å². The number of rotatable bonds is 2. The number of nitrogens with one attached hydrogen (secondary N) is 1. The van der Waals surface area contributed by atoms with Gasteiger partial charge in [-0.3, -0.25) is 4.79 Å². The van der Waals surface area contributed by atoms with Crippen molar-refractivity contribution in [2.24, 2.45) is 0 Å². The van der Waals surface area contributed by atoms with Crippen LogP contribution >= 0.6 is 0 Å². The van der Waals surface area contributed by atoms with Crippen LogP contribution in [0, 0.1) is 0 Å². The van der Waals surface area contributed by atoms with Crippen LogP contribution in [0.5, 0.6) is 0 Å². The lowest BCUT2D eigenvalue weighted by atomic mass is 10.1. The highest BCUT2D eigenvalue weighted by Crippen LogP contribution is 2.24. The van der Waals surface area contributed by atoms with Gasteiger partial charge in [0.25, 0.3) is 5.91 Å². The van der Waals surface area contributed by atoms with Gasteiger partial charge in [-0.05, 0) is 20.8 Å². The number of carbonyl (C=O) groups is 2. The lowest BCUT2D eigenvalue weighted by molar-refractivity contribution is -0.180. The molecule has 1 atom stereocenters. The molecule has 116 valence electrons. The molecule has 0 spiro atoms. The summed E-state index contributed by atoms with van der Waals surface area (Å²) in [6.45, 7) is 4.11. The van der Waals surface area contributed by atoms with E-state index in [1.54, 1.807) is 0 Å². The van der Waals surface area contributed by atoms with Gasteiger partial charge in [-0.1, -0.05) is 0 Å². The molecular weight excluding hydrogens is 281 g/mol. The number of ether oxygens (including phenoxy) is 1. The van der Waals surface area contributed by atoms with Crippen LogP contribution in [0.15, 0.2) is 0 Å². The Bertz CT molecular complexity index is 386. The summed E-state index contributed by atoms with van der Waals surface area (Å²) in [4.78, 5) is 23.8. The van der Waals surface area contributed by atoms with Crippen LogP contribution in [0.4, 0.5) is 18.0 Å². The van der Waals surface area contributed by atoms with E-state index in [2.05, 4.69) is 0 Å². The van der Waals surface area contributed by atoms with Crippen molar-refractivity contribution in [2.75, 3.05) is 13.1 Å². The number of β-amino-alcohol motifs (C(OH)–C–C–N with tert-alkyl or cyclic N) is 1. The maximum Gasteiger partial charge on any atom is 0.417 e. The molecular formula is C11H17F3N2O4. The molecule has 9 heteroatoms. The zero-order valence-corrected chi connectivity index (χ0v) is 11.3. The van der Waals surface area contributed by atoms with Gasteiger partial charge in [0.05, 0.1) is 6.10 Å². The second-order valence-electron chi connectivity index (χ2n) is 5.52. The van der Waals surface area contributed by atoms with Gasteiger partial charge in [-0.15, -0.1) is 0 Å². The second-order valence-corrected chi connectivity index (χ2v) is 5.52. The Hall–Kier alpha value is -1.51. The summed E-state index contributed by atoms with van der Waals surface area (Å²) in [7, 11) is 0. The Kier molecular flexibility index (Phi) is 4.52. The van der Waals surface area contributed by atoms with Crippen molar-refractivity contribution in [1.29, 1.82) is 0 Å². The minimum Gasteiger partial charge on any atom is -0.444 e. The molecule has 1 unspecified atom stereocenters. The molecule has 2 amide bonds. The molecule has 0 aromatic rings. The molecule has 0 aliphatic carbocycles. The van der Waals surface area contributed by atoms with E-state index in [-0.39, 0.29) is 13.1 Å². The van der Waals surface area contributed by atoms with Gasteiger partial charge >= 0.3 is 12.3 Å². The number of hydrogen-bond donors (Lipinski definition) is 2. The Morgan fingerprint density at radius 1 is 1.30 bits per heavy atom. The first-order valence-electron chi connectivity index (χ1n) is 5.93. The summed E-state index contributed by atoms with van der Waals surface area (Å²) in [6, 6.07) is -2.68. The summed E-state index contributed by atoms with van der Waals surface area (Å²) < 4.78 is 43.1. The predicted molar refractivity (Wildman–Crippen MR) is 61.8 cm³/mol. The zero-order chi connectivity index (χ0) is 15.7. The largest absolute Gasteiger partial charge is 0.444 e. The third-order valence-corrected chi connectivity index (χ3v) is 2.41. The standard InChI is InChI=1S/C11H17F3N2O4/c1-10(2,3)20-9(19)15-7(11(12,13)14)8(18)16-4-6(17)5-16/h6-7,17H,4-5H2,1-3H3,(H,15,19). The summed E-state index contributed by atoms with van der Waals surface area (Å²) in [5.41, 5.74) is -0.976. The van der Waals surface area contributed by atoms with E-state index in [9.17, 15) is 22.8 Å². The van der Waals surface area contributed by atoms with Gasteiger partial charge in [0.1, 0.15) is 5.60 Å². The van der Waals surface area contributed by atoms with Crippen molar-refractivity contribution in [1.82, 2.24) is 10.2 Å². The molecule has 1 heterocycles. The number of likely N-dealkylation sites (tertiary alicyclic amines) is 1. The highest BCUT2D eigenvalue weighted by atomic mass is 19.4. The molecule has 20 heavy (non-hydrogen) atoms. The van der Waals surface area contributed by atoms with Gasteiger partial charge in [0.2, 0.25) is 6.04 Å². The molecule has 1 aliphatic rings. The SMILES string of the molecule is CC(C)(C)OC(=O)NC(C(=O)N1CC(O)C1)C(F)(F)F. The molecule has 0 saturated carbocycles. The van der Waals surface area contributed by atoms with Crippen LogP contribution in [-0.4, -0.2) is 59.0 Å². The normalized spacial score (nSPS) is 18.2. The van der Waals surface area contributed by atoms with Crippen molar-refractivity contribution >= 4 is 12.0 Å². The smallest absolute Gasteiger partial charge is 0.417 e. The molecule has 0 radical (unpaired) electrons. The average molecular weight is 298 g/mol. The Morgan fingerprint density at radius 2 is 1.80 bits per heavy atom. The lowest BCUT2D eigenvalue weighted by Crippen LogP contribution is -2.63. The van der Waals surface area contributed by atoms with Gasteiger partial charge in [0, 0.05) is 13.1 Å². The van der Waals surface area contributed by atoms with Crippen LogP contribution in [0.2, 0.25) is 0 Å². The van der Waals surface area contributed by atoms with E-state index in [0.29, 0.717) is 0 Å². The van der Waals surface area contributed by atoms with Crippen LogP contribution < -0.4 is 5.32 Å². The number of alkyl carbamates (subject to hydrolysis) is 1. The first-order valence-corrected chi connectivity index (χ1v) is 5.93. The number of halogens is 3. The minimum absolute atomic E-state index is 0.179. The van der Waals surface area contributed by atoms with Gasteiger partial charge in [0.15, 0.2) is 0 Å². The maximum absolute atomic E-state index is 12.8. The fraction of sp³-hybridized carbons (Fsp3) is 0.818. The van der Waals surface area contributed by atoms with Crippen molar-refractivity contribution < 1.29 is 32.6 Å². The number of aliphatic hydroxyl groups is 1. The van der Waals surface area contributed by atoms with Gasteiger partial charge in [-0.2, -0.15) is 13.2 Å². The third-order valence-electron chi connectivity index (χ3n) is 2.41. The zero-order valence-electron chi connectivity index (χ0n) is 11.3. The quantitative estimate of drug-likeness (QED) is 0.784. The Labute approximate surface area is 113 Å². The second kappa shape index (κ2) is 5.47. The number of hydrogen-bond acceptors (Lipinski definition) is 4. The molecule has 0 aromatic carbocycles. The molecule has 0 bridgehead atoms. The molecule has 1 rings (SSSR count). The summed E-state index contributed by atoms with van der Waals surface area (Å²) in [5.74, 6) is -1.31. The first-order chi connectivity index (χ1) is 8.90. The van der Waals surface area contributed by atoms with Crippen LogP contribution in [0.3, 0.4) is 0 Å². The number of alkyl halides is 3. The molecule has 1 saturated heterocycles. The van der Waals surface area contributed by atoms with Crippen LogP contribution in [0.1, 0.15) is 20.8 Å². The molecule has 0 aromatic heterocycles. The van der Waals surface area contributed by atoms with E-state index < -0.39 is 35.9 Å². The number of amides is 2. The summed E-state index contributed by atoms with van der Waals surface area (Å²) in [6.07, 6.45) is -7.09. The predicted octanol–water partition coefficient (Wildman–Crippen LogP) is 0.645. The van der Waals surface area contributed by atoms with E-state index in [1.165, 1.54) is 26.1 Å². The molecule has 2 N–H and O–H groups in total. The Morgan fingerprint density at radius 3 is 2.15 bits per heavy atom. The molecule has 1 fully saturated rings. The Balaban J connectivity index is 2.71.